The fourth-order valence-electron chi connectivity index (χ4n) is 3.94. The predicted octanol–water partition coefficient (Wildman–Crippen LogP) is 5.26. The molecule has 2 aromatic rings. The Balaban J connectivity index is 1.60. The van der Waals surface area contributed by atoms with Gasteiger partial charge in [0.1, 0.15) is 0 Å². The number of carbonyl (C=O) groups is 2. The monoisotopic (exact) mass is 463 g/mol. The summed E-state index contributed by atoms with van der Waals surface area (Å²) in [5.74, 6) is 0.809. The smallest absolute Gasteiger partial charge is 0.338 e. The molecule has 2 heterocycles. The second-order valence-corrected chi connectivity index (χ2v) is 9.69. The maximum Gasteiger partial charge on any atom is 0.338 e. The van der Waals surface area contributed by atoms with Gasteiger partial charge >= 0.3 is 5.97 Å². The molecule has 0 aromatic heterocycles. The van der Waals surface area contributed by atoms with Crippen molar-refractivity contribution >= 4 is 34.5 Å². The van der Waals surface area contributed by atoms with E-state index in [4.69, 9.17) is 9.73 Å². The summed E-state index contributed by atoms with van der Waals surface area (Å²) in [6.45, 7) is 7.13. The number of esters is 1. The van der Waals surface area contributed by atoms with Crippen molar-refractivity contribution in [2.75, 3.05) is 24.2 Å². The van der Waals surface area contributed by atoms with Crippen LogP contribution >= 0.6 is 11.8 Å². The average Bonchev–Trinajstić information content (AvgIpc) is 2.82. The van der Waals surface area contributed by atoms with E-state index < -0.39 is 0 Å². The number of allylic oxidation sites excluding steroid dienone is 1. The quantitative estimate of drug-likeness (QED) is 0.592. The normalized spacial score (nSPS) is 18.0. The molecule has 0 spiro atoms. The van der Waals surface area contributed by atoms with Gasteiger partial charge in [-0.05, 0) is 49.1 Å². The highest BCUT2D eigenvalue weighted by molar-refractivity contribution is 8.13. The van der Waals surface area contributed by atoms with Crippen molar-refractivity contribution in [1.29, 1.82) is 0 Å². The number of nitrogens with one attached hydrogen (secondary N) is 1. The van der Waals surface area contributed by atoms with Gasteiger partial charge in [0.05, 0.1) is 23.9 Å². The van der Waals surface area contributed by atoms with Crippen LogP contribution in [0.2, 0.25) is 0 Å². The first kappa shape index (κ1) is 23.1. The maximum absolute atomic E-state index is 13.1. The van der Waals surface area contributed by atoms with Gasteiger partial charge < -0.3 is 15.0 Å². The second kappa shape index (κ2) is 10.3. The number of thioether (sulfide) groups is 1. The van der Waals surface area contributed by atoms with Gasteiger partial charge in [-0.25, -0.2) is 9.79 Å². The van der Waals surface area contributed by atoms with E-state index in [2.05, 4.69) is 10.2 Å². The summed E-state index contributed by atoms with van der Waals surface area (Å²) < 4.78 is 5.61. The lowest BCUT2D eigenvalue weighted by Gasteiger charge is -2.40. The van der Waals surface area contributed by atoms with Crippen LogP contribution < -0.4 is 5.32 Å². The Bertz CT molecular complexity index is 1080. The molecule has 7 heteroatoms. The van der Waals surface area contributed by atoms with Gasteiger partial charge in [0, 0.05) is 23.5 Å². The third-order valence-electron chi connectivity index (χ3n) is 5.55. The first-order valence-corrected chi connectivity index (χ1v) is 12.2. The van der Waals surface area contributed by atoms with Gasteiger partial charge in [0.2, 0.25) is 0 Å². The van der Waals surface area contributed by atoms with E-state index in [9.17, 15) is 9.59 Å². The largest absolute Gasteiger partial charge is 0.462 e. The zero-order chi connectivity index (χ0) is 23.4. The van der Waals surface area contributed by atoms with Gasteiger partial charge in [0.25, 0.3) is 5.91 Å². The number of benzene rings is 2. The van der Waals surface area contributed by atoms with Gasteiger partial charge in [-0.1, -0.05) is 55.9 Å². The number of hydrogen-bond acceptors (Lipinski definition) is 6. The summed E-state index contributed by atoms with van der Waals surface area (Å²) in [5, 5.41) is 3.89. The molecule has 1 fully saturated rings. The lowest BCUT2D eigenvalue weighted by Crippen LogP contribution is -2.42. The number of rotatable bonds is 6. The predicted molar refractivity (Wildman–Crippen MR) is 133 cm³/mol. The van der Waals surface area contributed by atoms with E-state index in [-0.39, 0.29) is 23.8 Å². The lowest BCUT2D eigenvalue weighted by molar-refractivity contribution is -0.140. The summed E-state index contributed by atoms with van der Waals surface area (Å²) >= 11 is 1.72. The molecule has 1 unspecified atom stereocenters. The molecule has 2 aliphatic heterocycles. The van der Waals surface area contributed by atoms with Crippen molar-refractivity contribution in [3.05, 3.63) is 77.0 Å². The number of fused-ring (bicyclic) bond motifs is 1. The van der Waals surface area contributed by atoms with Crippen LogP contribution in [0.25, 0.3) is 0 Å². The van der Waals surface area contributed by atoms with Crippen molar-refractivity contribution in [2.24, 2.45) is 10.9 Å². The third-order valence-corrected chi connectivity index (χ3v) is 6.62. The van der Waals surface area contributed by atoms with Crippen LogP contribution in [0.1, 0.15) is 49.2 Å². The molecule has 2 aromatic carbocycles. The highest BCUT2D eigenvalue weighted by atomic mass is 32.2. The molecule has 0 bridgehead atoms. The first-order valence-electron chi connectivity index (χ1n) is 11.3. The van der Waals surface area contributed by atoms with Crippen molar-refractivity contribution < 1.29 is 14.3 Å². The molecular formula is C26H29N3O3S. The number of anilines is 1. The molecule has 1 atom stereocenters. The average molecular weight is 464 g/mol. The number of hydrogen-bond donors (Lipinski definition) is 1. The highest BCUT2D eigenvalue weighted by Gasteiger charge is 2.37. The number of amidine groups is 1. The molecular weight excluding hydrogens is 434 g/mol. The molecule has 4 rings (SSSR count). The molecule has 2 aliphatic rings. The Morgan fingerprint density at radius 1 is 1.15 bits per heavy atom. The van der Waals surface area contributed by atoms with Crippen LogP contribution in [0.4, 0.5) is 5.69 Å². The standard InChI is InChI=1S/C26H29N3O3S/c1-17(2)16-32-25(31)22-18(3)27-26-29(14-7-15-33-26)23(22)19-10-12-21(13-11-19)28-24(30)20-8-5-4-6-9-20/h4-6,8-13,17,23H,7,14-16H2,1-3H3,(H,28,30). The number of aliphatic imine (C=N–C) groups is 1. The molecule has 33 heavy (non-hydrogen) atoms. The summed E-state index contributed by atoms with van der Waals surface area (Å²) in [4.78, 5) is 32.5. The third kappa shape index (κ3) is 5.30. The van der Waals surface area contributed by atoms with Gasteiger partial charge in [-0.2, -0.15) is 0 Å². The minimum absolute atomic E-state index is 0.156. The van der Waals surface area contributed by atoms with Gasteiger partial charge in [-0.3, -0.25) is 4.79 Å². The maximum atomic E-state index is 13.1. The van der Waals surface area contributed by atoms with Crippen LogP contribution in [-0.4, -0.2) is 40.8 Å². The fourth-order valence-corrected chi connectivity index (χ4v) is 4.96. The van der Waals surface area contributed by atoms with Crippen molar-refractivity contribution in [3.8, 4) is 0 Å². The van der Waals surface area contributed by atoms with Crippen molar-refractivity contribution in [1.82, 2.24) is 4.90 Å². The van der Waals surface area contributed by atoms with Crippen molar-refractivity contribution in [2.45, 2.75) is 33.2 Å². The Kier molecular flexibility index (Phi) is 7.18. The number of ether oxygens (including phenoxy) is 1. The minimum atomic E-state index is -0.314. The molecule has 1 amide bonds. The SMILES string of the molecule is CC1=C(C(=O)OCC(C)C)C(c2ccc(NC(=O)c3ccccc3)cc2)N2CCCSC2=N1. The summed E-state index contributed by atoms with van der Waals surface area (Å²) in [6, 6.07) is 16.6. The van der Waals surface area contributed by atoms with Crippen LogP contribution in [0.3, 0.4) is 0 Å². The zero-order valence-electron chi connectivity index (χ0n) is 19.2. The van der Waals surface area contributed by atoms with Crippen LogP contribution in [-0.2, 0) is 9.53 Å². The molecule has 6 nitrogen and oxygen atoms in total. The lowest BCUT2D eigenvalue weighted by atomic mass is 9.94. The Morgan fingerprint density at radius 2 is 1.88 bits per heavy atom. The van der Waals surface area contributed by atoms with Crippen LogP contribution in [0.15, 0.2) is 70.9 Å². The second-order valence-electron chi connectivity index (χ2n) is 8.63. The number of carbonyl (C=O) groups excluding carboxylic acids is 2. The van der Waals surface area contributed by atoms with E-state index >= 15 is 0 Å². The molecule has 0 radical (unpaired) electrons. The summed E-state index contributed by atoms with van der Waals surface area (Å²) in [7, 11) is 0. The van der Waals surface area contributed by atoms with Crippen molar-refractivity contribution in [3.63, 3.8) is 0 Å². The number of nitrogens with zero attached hydrogens (tertiary/aromatic N) is 2. The molecule has 172 valence electrons. The highest BCUT2D eigenvalue weighted by Crippen LogP contribution is 2.40. The Labute approximate surface area is 199 Å². The molecule has 0 saturated carbocycles. The van der Waals surface area contributed by atoms with Crippen LogP contribution in [0, 0.1) is 5.92 Å². The number of amides is 1. The first-order chi connectivity index (χ1) is 15.9. The van der Waals surface area contributed by atoms with E-state index in [0.29, 0.717) is 29.1 Å². The molecule has 0 aliphatic carbocycles. The van der Waals surface area contributed by atoms with Gasteiger partial charge in [-0.15, -0.1) is 0 Å². The fraction of sp³-hybridized carbons (Fsp3) is 0.346. The van der Waals surface area contributed by atoms with E-state index in [1.807, 2.05) is 63.2 Å². The summed E-state index contributed by atoms with van der Waals surface area (Å²) in [6.07, 6.45) is 1.03. The topological polar surface area (TPSA) is 71.0 Å². The Hall–Kier alpha value is -3.06. The Morgan fingerprint density at radius 3 is 2.58 bits per heavy atom. The van der Waals surface area contributed by atoms with E-state index in [1.165, 1.54) is 0 Å². The zero-order valence-corrected chi connectivity index (χ0v) is 20.0. The van der Waals surface area contributed by atoms with Gasteiger partial charge in [0.15, 0.2) is 5.17 Å². The van der Waals surface area contributed by atoms with E-state index in [0.717, 1.165) is 29.4 Å². The molecule has 1 saturated heterocycles. The summed E-state index contributed by atoms with van der Waals surface area (Å²) in [5.41, 5.74) is 3.57. The minimum Gasteiger partial charge on any atom is -0.462 e. The molecule has 1 N–H and O–H groups in total. The van der Waals surface area contributed by atoms with Crippen LogP contribution in [0.5, 0.6) is 0 Å². The van der Waals surface area contributed by atoms with E-state index in [1.54, 1.807) is 23.9 Å².